The molecule has 0 aliphatic rings. The fourth-order valence-electron chi connectivity index (χ4n) is 3.42. The molecular formula is C23H20F2N4O4. The number of rotatable bonds is 7. The predicted octanol–water partition coefficient (Wildman–Crippen LogP) is 2.50. The number of anilines is 1. The zero-order valence-electron chi connectivity index (χ0n) is 17.5. The summed E-state index contributed by atoms with van der Waals surface area (Å²) in [5.41, 5.74) is -0.393. The molecule has 3 N–H and O–H groups in total. The van der Waals surface area contributed by atoms with Gasteiger partial charge in [-0.25, -0.2) is 13.8 Å². The minimum atomic E-state index is -0.941. The van der Waals surface area contributed by atoms with Gasteiger partial charge in [0.05, 0.1) is 32.1 Å². The SMILES string of the molecule is COc1cccc(-c2nc(NC(CO)CO)nc3c2ccc(=O)n3-c2c(F)cccc2F)c1. The van der Waals surface area contributed by atoms with Gasteiger partial charge in [-0.05, 0) is 30.3 Å². The van der Waals surface area contributed by atoms with Gasteiger partial charge in [0.1, 0.15) is 23.1 Å². The van der Waals surface area contributed by atoms with Gasteiger partial charge in [0, 0.05) is 17.0 Å². The molecule has 0 amide bonds. The lowest BCUT2D eigenvalue weighted by Crippen LogP contribution is -2.29. The number of para-hydroxylation sites is 1. The zero-order chi connectivity index (χ0) is 23.5. The standard InChI is InChI=1S/C23H20F2N4O4/c1-33-15-5-2-4-13(10-15)20-16-8-9-19(32)29(21-17(24)6-3-7-18(21)25)22(16)28-23(27-20)26-14(11-30)12-31/h2-10,14,30-31H,11-12H2,1H3,(H,26,27,28). The summed E-state index contributed by atoms with van der Waals surface area (Å²) in [4.78, 5) is 21.6. The summed E-state index contributed by atoms with van der Waals surface area (Å²) in [5.74, 6) is -1.39. The number of nitrogens with one attached hydrogen (secondary N) is 1. The Balaban J connectivity index is 2.08. The molecule has 0 fully saturated rings. The van der Waals surface area contributed by atoms with Crippen molar-refractivity contribution in [3.05, 3.63) is 76.6 Å². The summed E-state index contributed by atoms with van der Waals surface area (Å²) in [6, 6.07) is 12.1. The predicted molar refractivity (Wildman–Crippen MR) is 119 cm³/mol. The highest BCUT2D eigenvalue weighted by Crippen LogP contribution is 2.30. The van der Waals surface area contributed by atoms with Crippen LogP contribution < -0.4 is 15.6 Å². The van der Waals surface area contributed by atoms with E-state index < -0.39 is 42.1 Å². The highest BCUT2D eigenvalue weighted by Gasteiger charge is 2.20. The van der Waals surface area contributed by atoms with Crippen LogP contribution in [-0.4, -0.2) is 51.1 Å². The van der Waals surface area contributed by atoms with Gasteiger partial charge in [0.15, 0.2) is 5.65 Å². The average molecular weight is 454 g/mol. The number of ether oxygens (including phenoxy) is 1. The number of aromatic nitrogens is 3. The van der Waals surface area contributed by atoms with Crippen LogP contribution in [-0.2, 0) is 0 Å². The molecule has 0 radical (unpaired) electrons. The third kappa shape index (κ3) is 4.26. The fraction of sp³-hybridized carbons (Fsp3) is 0.174. The lowest BCUT2D eigenvalue weighted by atomic mass is 10.1. The highest BCUT2D eigenvalue weighted by molar-refractivity contribution is 5.92. The van der Waals surface area contributed by atoms with E-state index in [2.05, 4.69) is 15.3 Å². The first-order valence-corrected chi connectivity index (χ1v) is 9.97. The molecule has 2 aromatic heterocycles. The van der Waals surface area contributed by atoms with E-state index in [1.807, 2.05) is 0 Å². The smallest absolute Gasteiger partial charge is 0.256 e. The maximum atomic E-state index is 14.6. The first-order valence-electron chi connectivity index (χ1n) is 9.97. The van der Waals surface area contributed by atoms with E-state index in [0.717, 1.165) is 16.7 Å². The molecule has 0 bridgehead atoms. The van der Waals surface area contributed by atoms with Gasteiger partial charge in [-0.15, -0.1) is 0 Å². The molecule has 2 aromatic carbocycles. The molecule has 0 saturated carbocycles. The summed E-state index contributed by atoms with van der Waals surface area (Å²) >= 11 is 0. The first-order chi connectivity index (χ1) is 16.0. The minimum Gasteiger partial charge on any atom is -0.497 e. The van der Waals surface area contributed by atoms with Crippen molar-refractivity contribution in [3.8, 4) is 22.7 Å². The van der Waals surface area contributed by atoms with Crippen molar-refractivity contribution in [3.63, 3.8) is 0 Å². The number of methoxy groups -OCH3 is 1. The number of hydrogen-bond donors (Lipinski definition) is 3. The molecule has 4 aromatic rings. The molecular weight excluding hydrogens is 434 g/mol. The quantitative estimate of drug-likeness (QED) is 0.394. The van der Waals surface area contributed by atoms with Gasteiger partial charge in [-0.1, -0.05) is 18.2 Å². The highest BCUT2D eigenvalue weighted by atomic mass is 19.1. The summed E-state index contributed by atoms with van der Waals surface area (Å²) in [6.45, 7) is -0.841. The zero-order valence-corrected chi connectivity index (χ0v) is 17.5. The van der Waals surface area contributed by atoms with Crippen LogP contribution in [0.2, 0.25) is 0 Å². The summed E-state index contributed by atoms with van der Waals surface area (Å²) in [5, 5.41) is 22.0. The number of pyridine rings is 1. The van der Waals surface area contributed by atoms with Crippen molar-refractivity contribution in [2.45, 2.75) is 6.04 Å². The van der Waals surface area contributed by atoms with E-state index in [-0.39, 0.29) is 11.6 Å². The van der Waals surface area contributed by atoms with Gasteiger partial charge in [0.2, 0.25) is 5.95 Å². The molecule has 8 nitrogen and oxygen atoms in total. The Hall–Kier alpha value is -3.89. The fourth-order valence-corrected chi connectivity index (χ4v) is 3.42. The number of fused-ring (bicyclic) bond motifs is 1. The van der Waals surface area contributed by atoms with E-state index in [9.17, 15) is 23.8 Å². The van der Waals surface area contributed by atoms with Crippen LogP contribution in [0.1, 0.15) is 0 Å². The molecule has 0 aliphatic heterocycles. The Morgan fingerprint density at radius 3 is 2.39 bits per heavy atom. The first kappa shape index (κ1) is 22.3. The van der Waals surface area contributed by atoms with Crippen molar-refractivity contribution in [1.29, 1.82) is 0 Å². The van der Waals surface area contributed by atoms with Crippen LogP contribution in [0, 0.1) is 11.6 Å². The Labute approximate surface area is 186 Å². The minimum absolute atomic E-state index is 0.0514. The summed E-state index contributed by atoms with van der Waals surface area (Å²) < 4.78 is 35.4. The molecule has 33 heavy (non-hydrogen) atoms. The van der Waals surface area contributed by atoms with Gasteiger partial charge >= 0.3 is 0 Å². The van der Waals surface area contributed by atoms with E-state index >= 15 is 0 Å². The van der Waals surface area contributed by atoms with E-state index in [1.165, 1.54) is 25.3 Å². The molecule has 4 rings (SSSR count). The Morgan fingerprint density at radius 1 is 1.03 bits per heavy atom. The number of nitrogens with zero attached hydrogens (tertiary/aromatic N) is 3. The molecule has 170 valence electrons. The second-order valence-corrected chi connectivity index (χ2v) is 7.15. The largest absolute Gasteiger partial charge is 0.497 e. The van der Waals surface area contributed by atoms with Crippen molar-refractivity contribution in [2.24, 2.45) is 0 Å². The average Bonchev–Trinajstić information content (AvgIpc) is 2.83. The lowest BCUT2D eigenvalue weighted by Gasteiger charge is -2.17. The third-order valence-electron chi connectivity index (χ3n) is 5.03. The van der Waals surface area contributed by atoms with Crippen LogP contribution in [0.25, 0.3) is 28.0 Å². The van der Waals surface area contributed by atoms with Crippen molar-refractivity contribution < 1.29 is 23.7 Å². The van der Waals surface area contributed by atoms with Crippen LogP contribution in [0.15, 0.2) is 59.4 Å². The topological polar surface area (TPSA) is 110 Å². The Kier molecular flexibility index (Phi) is 6.29. The van der Waals surface area contributed by atoms with Crippen molar-refractivity contribution >= 4 is 17.0 Å². The second kappa shape index (κ2) is 9.31. The Bertz CT molecular complexity index is 1350. The van der Waals surface area contributed by atoms with Gasteiger partial charge in [-0.3, -0.25) is 9.36 Å². The monoisotopic (exact) mass is 454 g/mol. The number of aliphatic hydroxyl groups excluding tert-OH is 2. The number of benzene rings is 2. The van der Waals surface area contributed by atoms with E-state index in [4.69, 9.17) is 4.74 Å². The summed E-state index contributed by atoms with van der Waals surface area (Å²) in [7, 11) is 1.51. The van der Waals surface area contributed by atoms with Crippen LogP contribution in [0.5, 0.6) is 5.75 Å². The molecule has 10 heteroatoms. The van der Waals surface area contributed by atoms with E-state index in [0.29, 0.717) is 22.4 Å². The molecule has 0 atom stereocenters. The molecule has 0 unspecified atom stereocenters. The lowest BCUT2D eigenvalue weighted by molar-refractivity contribution is 0.203. The van der Waals surface area contributed by atoms with Gasteiger partial charge in [-0.2, -0.15) is 4.98 Å². The van der Waals surface area contributed by atoms with Gasteiger partial charge < -0.3 is 20.3 Å². The van der Waals surface area contributed by atoms with Crippen molar-refractivity contribution in [1.82, 2.24) is 14.5 Å². The number of aliphatic hydroxyl groups is 2. The van der Waals surface area contributed by atoms with E-state index in [1.54, 1.807) is 24.3 Å². The van der Waals surface area contributed by atoms with Crippen LogP contribution >= 0.6 is 0 Å². The maximum absolute atomic E-state index is 14.6. The third-order valence-corrected chi connectivity index (χ3v) is 5.03. The Morgan fingerprint density at radius 2 is 1.73 bits per heavy atom. The van der Waals surface area contributed by atoms with Crippen molar-refractivity contribution in [2.75, 3.05) is 25.6 Å². The number of halogens is 2. The molecule has 0 saturated heterocycles. The summed E-state index contributed by atoms with van der Waals surface area (Å²) in [6.07, 6.45) is 0. The maximum Gasteiger partial charge on any atom is 0.256 e. The molecule has 0 aliphatic carbocycles. The number of hydrogen-bond acceptors (Lipinski definition) is 7. The molecule has 2 heterocycles. The van der Waals surface area contributed by atoms with Crippen LogP contribution in [0.4, 0.5) is 14.7 Å². The van der Waals surface area contributed by atoms with Crippen LogP contribution in [0.3, 0.4) is 0 Å². The second-order valence-electron chi connectivity index (χ2n) is 7.15. The molecule has 0 spiro atoms. The normalized spacial score (nSPS) is 11.2. The van der Waals surface area contributed by atoms with Gasteiger partial charge in [0.25, 0.3) is 5.56 Å².